The molecule has 0 heterocycles. The summed E-state index contributed by atoms with van der Waals surface area (Å²) in [7, 11) is 60.7. The fraction of sp³-hybridized carbons (Fsp3) is 0. The molecule has 0 aliphatic rings. The fourth-order valence-corrected chi connectivity index (χ4v) is 0. The number of rotatable bonds is 0. The summed E-state index contributed by atoms with van der Waals surface area (Å²) in [6.45, 7) is -10.7. The quantitative estimate of drug-likeness (QED) is 0.230. The Balaban J connectivity index is -0.000000180. The van der Waals surface area contributed by atoms with Gasteiger partial charge in [-0.05, 0) is 0 Å². The van der Waals surface area contributed by atoms with Crippen LogP contribution in [0.3, 0.4) is 0 Å². The van der Waals surface area contributed by atoms with Gasteiger partial charge in [-0.1, -0.05) is 0 Å². The second kappa shape index (κ2) is 5.26. The Morgan fingerprint density at radius 1 is 0.333 bits per heavy atom. The van der Waals surface area contributed by atoms with Crippen LogP contribution in [-0.4, -0.2) is 0 Å². The minimum absolute atomic E-state index is 0. The first-order valence-corrected chi connectivity index (χ1v) is 37.1. The Bertz CT molecular complexity index is 158. The van der Waals surface area contributed by atoms with Gasteiger partial charge in [-0.2, -0.15) is 0 Å². The van der Waals surface area contributed by atoms with Crippen molar-refractivity contribution in [2.75, 3.05) is 0 Å². The summed E-state index contributed by atoms with van der Waals surface area (Å²) in [5, 5.41) is 0. The minimum Gasteiger partial charge on any atom is 0 e. The molecule has 115 valence electrons. The van der Waals surface area contributed by atoms with E-state index in [2.05, 4.69) is 0 Å². The summed E-state index contributed by atoms with van der Waals surface area (Å²) in [6.07, 6.45) is 0. The van der Waals surface area contributed by atoms with Crippen LogP contribution in [0.25, 0.3) is 0 Å². The van der Waals surface area contributed by atoms with Crippen LogP contribution in [0.2, 0.25) is 0 Å². The van der Waals surface area contributed by atoms with Crippen molar-refractivity contribution < 1.29 is 33.7 Å². The first-order chi connectivity index (χ1) is 4.90. The molecule has 0 atom stereocenters. The van der Waals surface area contributed by atoms with Gasteiger partial charge in [-0.3, -0.25) is 0 Å². The molecule has 0 aliphatic heterocycles. The van der Waals surface area contributed by atoms with Crippen molar-refractivity contribution in [3.8, 4) is 0 Å². The molecular weight excluding hydrogens is 1000 g/mol. The zero-order chi connectivity index (χ0) is 12.8. The van der Waals surface area contributed by atoms with Gasteiger partial charge in [0.2, 0.25) is 0 Å². The Labute approximate surface area is 145 Å². The molecule has 0 unspecified atom stereocenters. The van der Waals surface area contributed by atoms with Gasteiger partial charge in [-0.15, -0.1) is 0 Å². The Morgan fingerprint density at radius 3 is 0.333 bits per heavy atom. The van der Waals surface area contributed by atoms with Gasteiger partial charge in [0.05, 0.1) is 0 Å². The number of hydrogen-bond acceptors (Lipinski definition) is 0. The van der Waals surface area contributed by atoms with Crippen molar-refractivity contribution in [2.24, 2.45) is 0 Å². The first-order valence-electron chi connectivity index (χ1n) is 1.51. The normalized spacial score (nSPS) is 21.6. The molecule has 0 saturated heterocycles. The largest absolute Gasteiger partial charge is 0 e. The van der Waals surface area contributed by atoms with Gasteiger partial charge in [0.1, 0.15) is 0 Å². The van der Waals surface area contributed by atoms with Crippen molar-refractivity contribution in [1.29, 1.82) is 0 Å². The van der Waals surface area contributed by atoms with Crippen LogP contribution in [0.5, 0.6) is 0 Å². The molecule has 15 heteroatoms. The van der Waals surface area contributed by atoms with E-state index in [4.69, 9.17) is 115 Å². The van der Waals surface area contributed by atoms with Crippen LogP contribution >= 0.6 is 115 Å². The van der Waals surface area contributed by atoms with Crippen molar-refractivity contribution in [3.05, 3.63) is 0 Å². The molecule has 0 aromatic heterocycles. The van der Waals surface area contributed by atoms with Gasteiger partial charge in [0.25, 0.3) is 0 Å². The van der Waals surface area contributed by atoms with Gasteiger partial charge < -0.3 is 0 Å². The molecule has 0 saturated carbocycles. The molecule has 0 fully saturated rings. The fourth-order valence-electron chi connectivity index (χ4n) is 0. The third-order valence-electron chi connectivity index (χ3n) is 0. The second-order valence-electron chi connectivity index (χ2n) is 1.43. The minimum atomic E-state index is -5.33. The maximum Gasteiger partial charge on any atom is 0 e. The summed E-state index contributed by atoms with van der Waals surface area (Å²) in [6, 6.07) is 0. The second-order valence-corrected chi connectivity index (χ2v) is 105. The molecule has 0 bridgehead atoms. The van der Waals surface area contributed by atoms with Crippen molar-refractivity contribution in [1.82, 2.24) is 0 Å². The molecule has 0 aromatic rings. The van der Waals surface area contributed by atoms with Crippen molar-refractivity contribution in [2.45, 2.75) is 0 Å². The van der Waals surface area contributed by atoms with Gasteiger partial charge in [0.15, 0.2) is 0 Å². The van der Waals surface area contributed by atoms with Gasteiger partial charge in [-0.25, -0.2) is 0 Å². The Morgan fingerprint density at radius 2 is 0.333 bits per heavy atom. The smallest absolute Gasteiger partial charge is 0 e. The molecule has 0 aromatic carbocycles. The van der Waals surface area contributed by atoms with E-state index >= 15 is 0 Å². The van der Waals surface area contributed by atoms with E-state index < -0.39 is 13.6 Å². The predicted octanol–water partition coefficient (Wildman–Crippen LogP) is 8.27. The summed E-state index contributed by atoms with van der Waals surface area (Å²) < 4.78 is 0. The monoisotopic (exact) mass is 999 g/mol. The molecule has 0 N–H and O–H groups in total. The van der Waals surface area contributed by atoms with Crippen LogP contribution in [0, 0.1) is 0 Å². The zero-order valence-electron chi connectivity index (χ0n) is 5.54. The predicted molar refractivity (Wildman–Crippen MR) is 70.2 cm³/mol. The maximum absolute atomic E-state index is 5.33. The third kappa shape index (κ3) is 200. The van der Waals surface area contributed by atoms with E-state index in [-0.39, 0.29) is 20.1 Å². The van der Waals surface area contributed by atoms with Crippen LogP contribution in [0.4, 0.5) is 0 Å². The van der Waals surface area contributed by atoms with Crippen molar-refractivity contribution >= 4 is 115 Å². The molecule has 1 radical (unpaired) electrons. The van der Waals surface area contributed by atoms with E-state index in [1.165, 1.54) is 0 Å². The summed E-state index contributed by atoms with van der Waals surface area (Å²) in [5.74, 6) is 0. The third-order valence-corrected chi connectivity index (χ3v) is 0. The van der Waals surface area contributed by atoms with Crippen LogP contribution in [0.1, 0.15) is 0 Å². The summed E-state index contributed by atoms with van der Waals surface area (Å²) in [5.41, 5.74) is 0. The summed E-state index contributed by atoms with van der Waals surface area (Å²) >= 11 is 0. The van der Waals surface area contributed by atoms with Crippen LogP contribution in [-0.2, 0) is 33.7 Å². The van der Waals surface area contributed by atoms with Crippen molar-refractivity contribution in [3.63, 3.8) is 0 Å². The standard InChI is InChI=1S/12ClH.3Ir/h12*1H;;;/q;;;;;;;;;;;;;2*+4/p-12. The van der Waals surface area contributed by atoms with Crippen LogP contribution in [0.15, 0.2) is 0 Å². The first kappa shape index (κ1) is 25.4. The molecule has 0 amide bonds. The zero-order valence-corrected chi connectivity index (χ0v) is 21.8. The molecule has 0 aliphatic carbocycles. The number of halogens is 12. The Kier molecular flexibility index (Phi) is 8.90. The molecule has 0 spiro atoms. The topological polar surface area (TPSA) is 0 Å². The van der Waals surface area contributed by atoms with E-state index in [1.807, 2.05) is 0 Å². The van der Waals surface area contributed by atoms with Gasteiger partial charge >= 0.3 is 129 Å². The molecule has 15 heavy (non-hydrogen) atoms. The van der Waals surface area contributed by atoms with E-state index in [0.29, 0.717) is 0 Å². The maximum atomic E-state index is 5.06. The molecule has 0 nitrogen and oxygen atoms in total. The van der Waals surface area contributed by atoms with Crippen LogP contribution < -0.4 is 0 Å². The average Bonchev–Trinajstić information content (AvgIpc) is 0.938. The number of hydrogen-bond donors (Lipinski definition) is 0. The van der Waals surface area contributed by atoms with E-state index in [1.54, 1.807) is 0 Å². The molecular formula is Cl12Ir3-4. The van der Waals surface area contributed by atoms with E-state index in [9.17, 15) is 0 Å². The molecule has 0 rings (SSSR count). The summed E-state index contributed by atoms with van der Waals surface area (Å²) in [4.78, 5) is 0. The average molecular weight is 1000 g/mol. The SMILES string of the molecule is [Cl][Ir-2]([Cl])([Cl])([Cl])([Cl])[Cl].[Cl][Ir-2]([Cl])([Cl])([Cl])([Cl])[Cl].[Ir]. The van der Waals surface area contributed by atoms with Gasteiger partial charge in [0, 0.05) is 20.1 Å². The van der Waals surface area contributed by atoms with E-state index in [0.717, 1.165) is 0 Å². The Hall–Kier alpha value is 5.43.